The summed E-state index contributed by atoms with van der Waals surface area (Å²) in [5.74, 6) is -5.02. The summed E-state index contributed by atoms with van der Waals surface area (Å²) in [5, 5.41) is 21.2. The normalized spacial score (nSPS) is 35.5. The van der Waals surface area contributed by atoms with E-state index in [-0.39, 0.29) is 59.1 Å². The van der Waals surface area contributed by atoms with Gasteiger partial charge in [0.2, 0.25) is 0 Å². The molecule has 70 valence electrons. The van der Waals surface area contributed by atoms with E-state index >= 15 is 0 Å². The molecule has 1 saturated heterocycles. The number of rotatable bonds is 2. The van der Waals surface area contributed by atoms with Crippen LogP contribution < -0.4 is 69.3 Å². The van der Waals surface area contributed by atoms with Crippen LogP contribution in [0.2, 0.25) is 0 Å². The number of carbonyl (C=O) groups is 2. The van der Waals surface area contributed by atoms with Crippen LogP contribution in [0.5, 0.6) is 0 Å². The summed E-state index contributed by atoms with van der Waals surface area (Å²) in [6.45, 7) is 0. The minimum Gasteiger partial charge on any atom is -0.550 e. The summed E-state index contributed by atoms with van der Waals surface area (Å²) in [4.78, 5) is 21.2. The van der Waals surface area contributed by atoms with Gasteiger partial charge in [-0.3, -0.25) is 0 Å². The van der Waals surface area contributed by atoms with Gasteiger partial charge in [-0.05, 0) is 0 Å². The molecular formula is C8H6Na2O5. The van der Waals surface area contributed by atoms with Crippen molar-refractivity contribution in [2.24, 2.45) is 11.8 Å². The fraction of sp³-hybridized carbons (Fsp3) is 0.500. The van der Waals surface area contributed by atoms with Crippen LogP contribution in [0.15, 0.2) is 12.2 Å². The van der Waals surface area contributed by atoms with Crippen molar-refractivity contribution in [3.8, 4) is 0 Å². The molecular weight excluding hydrogens is 222 g/mol. The summed E-state index contributed by atoms with van der Waals surface area (Å²) < 4.78 is 5.07. The zero-order valence-corrected chi connectivity index (χ0v) is 12.5. The summed E-state index contributed by atoms with van der Waals surface area (Å²) in [6.07, 6.45) is 1.76. The average Bonchev–Trinajstić information content (AvgIpc) is 2.60. The zero-order chi connectivity index (χ0) is 9.59. The first-order valence-corrected chi connectivity index (χ1v) is 3.87. The van der Waals surface area contributed by atoms with Crippen molar-refractivity contribution in [3.63, 3.8) is 0 Å². The van der Waals surface area contributed by atoms with Crippen LogP contribution in [-0.4, -0.2) is 24.1 Å². The number of carbonyl (C=O) groups excluding carboxylic acids is 2. The van der Waals surface area contributed by atoms with E-state index in [1.807, 2.05) is 0 Å². The summed E-state index contributed by atoms with van der Waals surface area (Å²) in [5.41, 5.74) is 0. The van der Waals surface area contributed by atoms with Crippen LogP contribution in [-0.2, 0) is 14.3 Å². The first-order chi connectivity index (χ1) is 6.11. The number of carboxylic acids is 2. The molecule has 2 rings (SSSR count). The van der Waals surface area contributed by atoms with Crippen LogP contribution in [0.4, 0.5) is 0 Å². The van der Waals surface area contributed by atoms with Gasteiger partial charge in [-0.2, -0.15) is 0 Å². The predicted molar refractivity (Wildman–Crippen MR) is 34.8 cm³/mol. The largest absolute Gasteiger partial charge is 1.00 e. The van der Waals surface area contributed by atoms with Gasteiger partial charge < -0.3 is 24.5 Å². The predicted octanol–water partition coefficient (Wildman–Crippen LogP) is -8.94. The first-order valence-electron chi connectivity index (χ1n) is 3.87. The van der Waals surface area contributed by atoms with Crippen molar-refractivity contribution < 1.29 is 83.7 Å². The number of aliphatic carboxylic acids is 2. The van der Waals surface area contributed by atoms with Crippen LogP contribution >= 0.6 is 0 Å². The number of carboxylic acid groups (broad SMARTS) is 2. The molecule has 0 aliphatic carbocycles. The second-order valence-electron chi connectivity index (χ2n) is 3.14. The van der Waals surface area contributed by atoms with Crippen LogP contribution in [0.25, 0.3) is 0 Å². The van der Waals surface area contributed by atoms with Crippen LogP contribution in [0.1, 0.15) is 0 Å². The maximum Gasteiger partial charge on any atom is 1.00 e. The molecule has 2 aliphatic heterocycles. The minimum atomic E-state index is -1.40. The molecule has 0 aromatic carbocycles. The maximum absolute atomic E-state index is 10.6. The monoisotopic (exact) mass is 228 g/mol. The van der Waals surface area contributed by atoms with E-state index in [9.17, 15) is 19.8 Å². The molecule has 2 bridgehead atoms. The molecule has 0 unspecified atom stereocenters. The van der Waals surface area contributed by atoms with E-state index in [0.29, 0.717) is 0 Å². The van der Waals surface area contributed by atoms with Gasteiger partial charge in [-0.25, -0.2) is 0 Å². The number of hydrogen-bond donors (Lipinski definition) is 0. The quantitative estimate of drug-likeness (QED) is 0.346. The molecule has 0 amide bonds. The van der Waals surface area contributed by atoms with E-state index in [1.165, 1.54) is 0 Å². The van der Waals surface area contributed by atoms with Gasteiger partial charge in [-0.15, -0.1) is 0 Å². The minimum absolute atomic E-state index is 0. The van der Waals surface area contributed by atoms with Crippen molar-refractivity contribution in [2.45, 2.75) is 12.2 Å². The van der Waals surface area contributed by atoms with Gasteiger partial charge in [0.05, 0.1) is 12.2 Å². The van der Waals surface area contributed by atoms with Gasteiger partial charge in [-0.1, -0.05) is 12.2 Å². The van der Waals surface area contributed by atoms with Crippen LogP contribution in [0.3, 0.4) is 0 Å². The number of fused-ring (bicyclic) bond motifs is 2. The zero-order valence-electron chi connectivity index (χ0n) is 8.51. The molecule has 0 aromatic rings. The van der Waals surface area contributed by atoms with E-state index in [2.05, 4.69) is 0 Å². The van der Waals surface area contributed by atoms with Gasteiger partial charge in [0, 0.05) is 23.8 Å². The summed E-state index contributed by atoms with van der Waals surface area (Å²) in [7, 11) is 0. The third-order valence-electron chi connectivity index (χ3n) is 2.44. The summed E-state index contributed by atoms with van der Waals surface area (Å²) >= 11 is 0. The molecule has 0 spiro atoms. The Morgan fingerprint density at radius 1 is 0.933 bits per heavy atom. The molecule has 1 fully saturated rings. The smallest absolute Gasteiger partial charge is 0.550 e. The fourth-order valence-electron chi connectivity index (χ4n) is 1.87. The Morgan fingerprint density at radius 3 is 1.53 bits per heavy atom. The van der Waals surface area contributed by atoms with Gasteiger partial charge in [0.1, 0.15) is 0 Å². The molecule has 2 heterocycles. The molecule has 4 atom stereocenters. The van der Waals surface area contributed by atoms with Gasteiger partial charge in [0.25, 0.3) is 0 Å². The molecule has 5 nitrogen and oxygen atoms in total. The van der Waals surface area contributed by atoms with Crippen molar-refractivity contribution in [1.29, 1.82) is 0 Å². The SMILES string of the molecule is O=C([O-])[C@@H]1[C@H](C(=O)[O-])[C@H]2C=C[C@@H]1O2.[Na+].[Na+]. The third kappa shape index (κ3) is 2.66. The van der Waals surface area contributed by atoms with Gasteiger partial charge >= 0.3 is 59.1 Å². The standard InChI is InChI=1S/C8H8O5.2Na/c9-7(10)5-3-1-2-4(13-3)6(5)8(11)12;;/h1-6H,(H,9,10)(H,11,12);;/q;2*+1/p-2/t3-,4+,5-,6+;;. The van der Waals surface area contributed by atoms with E-state index in [0.717, 1.165) is 0 Å². The Morgan fingerprint density at radius 2 is 1.27 bits per heavy atom. The Bertz CT molecular complexity index is 275. The third-order valence-corrected chi connectivity index (χ3v) is 2.44. The Hall–Kier alpha value is 0.640. The summed E-state index contributed by atoms with van der Waals surface area (Å²) in [6, 6.07) is 0. The second-order valence-corrected chi connectivity index (χ2v) is 3.14. The molecule has 2 aliphatic rings. The van der Waals surface area contributed by atoms with Crippen LogP contribution in [0, 0.1) is 11.8 Å². The van der Waals surface area contributed by atoms with Crippen molar-refractivity contribution >= 4 is 11.9 Å². The molecule has 15 heavy (non-hydrogen) atoms. The van der Waals surface area contributed by atoms with E-state index < -0.39 is 36.0 Å². The Balaban J connectivity index is 0.000000980. The van der Waals surface area contributed by atoms with Gasteiger partial charge in [0.15, 0.2) is 0 Å². The van der Waals surface area contributed by atoms with E-state index in [4.69, 9.17) is 4.74 Å². The number of ether oxygens (including phenoxy) is 1. The average molecular weight is 228 g/mol. The number of hydrogen-bond acceptors (Lipinski definition) is 5. The van der Waals surface area contributed by atoms with Crippen molar-refractivity contribution in [2.75, 3.05) is 0 Å². The Kier molecular flexibility index (Phi) is 6.06. The second kappa shape index (κ2) is 5.82. The fourth-order valence-corrected chi connectivity index (χ4v) is 1.87. The van der Waals surface area contributed by atoms with Crippen molar-refractivity contribution in [3.05, 3.63) is 12.2 Å². The molecule has 7 heteroatoms. The Labute approximate surface area is 130 Å². The molecule has 0 N–H and O–H groups in total. The first kappa shape index (κ1) is 15.6. The topological polar surface area (TPSA) is 89.5 Å². The maximum atomic E-state index is 10.6. The molecule has 0 saturated carbocycles. The van der Waals surface area contributed by atoms with E-state index in [1.54, 1.807) is 12.2 Å². The molecule has 0 radical (unpaired) electrons. The van der Waals surface area contributed by atoms with Crippen molar-refractivity contribution in [1.82, 2.24) is 0 Å². The molecule has 0 aromatic heterocycles.